The zero-order valence-electron chi connectivity index (χ0n) is 9.85. The van der Waals surface area contributed by atoms with Crippen molar-refractivity contribution in [2.24, 2.45) is 0 Å². The van der Waals surface area contributed by atoms with Gasteiger partial charge < -0.3 is 10.4 Å². The predicted molar refractivity (Wildman–Crippen MR) is 66.3 cm³/mol. The molecule has 0 aliphatic heterocycles. The summed E-state index contributed by atoms with van der Waals surface area (Å²) in [7, 11) is 0. The summed E-state index contributed by atoms with van der Waals surface area (Å²) < 4.78 is 0. The zero-order chi connectivity index (χ0) is 13.7. The number of benzene rings is 1. The third kappa shape index (κ3) is 3.12. The van der Waals surface area contributed by atoms with Gasteiger partial charge in [-0.15, -0.1) is 0 Å². The number of hydrogen-bond acceptors (Lipinski definition) is 4. The number of hydrogen-bond donors (Lipinski definition) is 2. The molecule has 1 aromatic carbocycles. The third-order valence-electron chi connectivity index (χ3n) is 2.47. The first-order chi connectivity index (χ1) is 9.18. The van der Waals surface area contributed by atoms with E-state index in [0.29, 0.717) is 5.56 Å². The summed E-state index contributed by atoms with van der Waals surface area (Å²) in [4.78, 5) is 30.5. The standard InChI is InChI=1S/C13H11N3O3/c17-12(10-6-7-14-8-15-10)16-11(13(18)19)9-4-2-1-3-5-9/h1-8,11H,(H,16,17)(H,18,19). The Morgan fingerprint density at radius 1 is 1.16 bits per heavy atom. The van der Waals surface area contributed by atoms with E-state index in [-0.39, 0.29) is 5.69 Å². The molecule has 0 fully saturated rings. The SMILES string of the molecule is O=C(NC(C(=O)O)c1ccccc1)c1ccncn1. The minimum absolute atomic E-state index is 0.122. The van der Waals surface area contributed by atoms with E-state index in [1.807, 2.05) is 0 Å². The Hall–Kier alpha value is -2.76. The molecule has 0 radical (unpaired) electrons. The molecule has 1 heterocycles. The summed E-state index contributed by atoms with van der Waals surface area (Å²) in [6.07, 6.45) is 2.65. The number of nitrogens with zero attached hydrogens (tertiary/aromatic N) is 2. The number of carbonyl (C=O) groups excluding carboxylic acids is 1. The van der Waals surface area contributed by atoms with E-state index >= 15 is 0 Å². The Bertz CT molecular complexity index is 572. The van der Waals surface area contributed by atoms with Gasteiger partial charge >= 0.3 is 5.97 Å². The van der Waals surface area contributed by atoms with Gasteiger partial charge in [0.1, 0.15) is 12.0 Å². The lowest BCUT2D eigenvalue weighted by Gasteiger charge is -2.14. The number of aliphatic carboxylic acids is 1. The Labute approximate surface area is 109 Å². The summed E-state index contributed by atoms with van der Waals surface area (Å²) in [6.45, 7) is 0. The first-order valence-electron chi connectivity index (χ1n) is 5.53. The molecule has 96 valence electrons. The topological polar surface area (TPSA) is 92.2 Å². The third-order valence-corrected chi connectivity index (χ3v) is 2.47. The number of amides is 1. The van der Waals surface area contributed by atoms with Crippen molar-refractivity contribution < 1.29 is 14.7 Å². The monoisotopic (exact) mass is 257 g/mol. The van der Waals surface area contributed by atoms with Crippen LogP contribution in [0.4, 0.5) is 0 Å². The van der Waals surface area contributed by atoms with Gasteiger partial charge in [-0.3, -0.25) is 4.79 Å². The van der Waals surface area contributed by atoms with Gasteiger partial charge in [-0.2, -0.15) is 0 Å². The van der Waals surface area contributed by atoms with Crippen LogP contribution in [0.25, 0.3) is 0 Å². The molecule has 1 unspecified atom stereocenters. The van der Waals surface area contributed by atoms with Gasteiger partial charge in [0.15, 0.2) is 6.04 Å². The molecule has 0 saturated carbocycles. The van der Waals surface area contributed by atoms with Gasteiger partial charge in [-0.05, 0) is 11.6 Å². The highest BCUT2D eigenvalue weighted by atomic mass is 16.4. The molecular weight excluding hydrogens is 246 g/mol. The van der Waals surface area contributed by atoms with Gasteiger partial charge in [0.2, 0.25) is 0 Å². The van der Waals surface area contributed by atoms with Crippen molar-refractivity contribution in [3.05, 3.63) is 60.2 Å². The van der Waals surface area contributed by atoms with Crippen LogP contribution in [-0.2, 0) is 4.79 Å². The molecule has 2 rings (SSSR count). The number of aromatic nitrogens is 2. The van der Waals surface area contributed by atoms with Crippen LogP contribution in [-0.4, -0.2) is 27.0 Å². The van der Waals surface area contributed by atoms with Gasteiger partial charge in [0.05, 0.1) is 0 Å². The van der Waals surface area contributed by atoms with Crippen molar-refractivity contribution in [2.75, 3.05) is 0 Å². The van der Waals surface area contributed by atoms with Crippen molar-refractivity contribution in [3.63, 3.8) is 0 Å². The Balaban J connectivity index is 2.19. The molecule has 19 heavy (non-hydrogen) atoms. The maximum absolute atomic E-state index is 11.9. The van der Waals surface area contributed by atoms with Crippen molar-refractivity contribution in [3.8, 4) is 0 Å². The van der Waals surface area contributed by atoms with Crippen LogP contribution in [0.1, 0.15) is 22.1 Å². The molecule has 2 N–H and O–H groups in total. The second-order valence-corrected chi connectivity index (χ2v) is 3.75. The molecule has 6 nitrogen and oxygen atoms in total. The second-order valence-electron chi connectivity index (χ2n) is 3.75. The lowest BCUT2D eigenvalue weighted by atomic mass is 10.1. The smallest absolute Gasteiger partial charge is 0.330 e. The zero-order valence-corrected chi connectivity index (χ0v) is 9.85. The first-order valence-corrected chi connectivity index (χ1v) is 5.53. The molecule has 0 aliphatic carbocycles. The molecular formula is C13H11N3O3. The lowest BCUT2D eigenvalue weighted by molar-refractivity contribution is -0.139. The Kier molecular flexibility index (Phi) is 3.82. The number of carbonyl (C=O) groups is 2. The highest BCUT2D eigenvalue weighted by Crippen LogP contribution is 2.13. The molecule has 1 amide bonds. The summed E-state index contributed by atoms with van der Waals surface area (Å²) >= 11 is 0. The first kappa shape index (κ1) is 12.7. The number of nitrogens with one attached hydrogen (secondary N) is 1. The average Bonchev–Trinajstić information content (AvgIpc) is 2.46. The number of carboxylic acids is 1. The summed E-state index contributed by atoms with van der Waals surface area (Å²) in [6, 6.07) is 8.78. The summed E-state index contributed by atoms with van der Waals surface area (Å²) in [5, 5.41) is 11.6. The Morgan fingerprint density at radius 2 is 1.89 bits per heavy atom. The fourth-order valence-corrected chi connectivity index (χ4v) is 1.56. The van der Waals surface area contributed by atoms with Crippen molar-refractivity contribution in [2.45, 2.75) is 6.04 Å². The van der Waals surface area contributed by atoms with Crippen LogP contribution < -0.4 is 5.32 Å². The van der Waals surface area contributed by atoms with E-state index in [4.69, 9.17) is 0 Å². The van der Waals surface area contributed by atoms with E-state index in [0.717, 1.165) is 0 Å². The number of rotatable bonds is 4. The largest absolute Gasteiger partial charge is 0.479 e. The lowest BCUT2D eigenvalue weighted by Crippen LogP contribution is -2.34. The molecule has 0 saturated heterocycles. The van der Waals surface area contributed by atoms with E-state index in [1.54, 1.807) is 30.3 Å². The number of carboxylic acid groups (broad SMARTS) is 1. The molecule has 1 aromatic heterocycles. The van der Waals surface area contributed by atoms with Gasteiger partial charge in [0.25, 0.3) is 5.91 Å². The molecule has 0 spiro atoms. The van der Waals surface area contributed by atoms with Crippen LogP contribution in [0.2, 0.25) is 0 Å². The van der Waals surface area contributed by atoms with Gasteiger partial charge in [-0.25, -0.2) is 14.8 Å². The van der Waals surface area contributed by atoms with Crippen LogP contribution in [0.15, 0.2) is 48.9 Å². The maximum Gasteiger partial charge on any atom is 0.330 e. The van der Waals surface area contributed by atoms with E-state index < -0.39 is 17.9 Å². The molecule has 1 atom stereocenters. The molecule has 0 bridgehead atoms. The predicted octanol–water partition coefficient (Wildman–Crippen LogP) is 1.03. The summed E-state index contributed by atoms with van der Waals surface area (Å²) in [5.41, 5.74) is 0.620. The quantitative estimate of drug-likeness (QED) is 0.853. The molecule has 0 aliphatic rings. The molecule has 2 aromatic rings. The van der Waals surface area contributed by atoms with Crippen LogP contribution in [0, 0.1) is 0 Å². The van der Waals surface area contributed by atoms with Gasteiger partial charge in [-0.1, -0.05) is 30.3 Å². The fourth-order valence-electron chi connectivity index (χ4n) is 1.56. The average molecular weight is 257 g/mol. The van der Waals surface area contributed by atoms with Crippen LogP contribution >= 0.6 is 0 Å². The van der Waals surface area contributed by atoms with E-state index in [1.165, 1.54) is 18.6 Å². The molecule has 6 heteroatoms. The van der Waals surface area contributed by atoms with Crippen molar-refractivity contribution in [1.82, 2.24) is 15.3 Å². The second kappa shape index (κ2) is 5.72. The van der Waals surface area contributed by atoms with Crippen LogP contribution in [0.5, 0.6) is 0 Å². The van der Waals surface area contributed by atoms with Gasteiger partial charge in [0, 0.05) is 6.20 Å². The van der Waals surface area contributed by atoms with Crippen molar-refractivity contribution in [1.29, 1.82) is 0 Å². The van der Waals surface area contributed by atoms with Crippen molar-refractivity contribution >= 4 is 11.9 Å². The van der Waals surface area contributed by atoms with E-state index in [2.05, 4.69) is 15.3 Å². The Morgan fingerprint density at radius 3 is 2.47 bits per heavy atom. The summed E-state index contributed by atoms with van der Waals surface area (Å²) in [5.74, 6) is -1.69. The van der Waals surface area contributed by atoms with Crippen LogP contribution in [0.3, 0.4) is 0 Å². The minimum atomic E-state index is -1.13. The normalized spacial score (nSPS) is 11.6. The highest BCUT2D eigenvalue weighted by Gasteiger charge is 2.22. The highest BCUT2D eigenvalue weighted by molar-refractivity contribution is 5.95. The maximum atomic E-state index is 11.9. The van der Waals surface area contributed by atoms with E-state index in [9.17, 15) is 14.7 Å². The minimum Gasteiger partial charge on any atom is -0.479 e. The fraction of sp³-hybridized carbons (Fsp3) is 0.0769.